The topological polar surface area (TPSA) is 74.8 Å². The Morgan fingerprint density at radius 3 is 2.64 bits per heavy atom. The molecule has 2 N–H and O–H groups in total. The molecule has 0 bridgehead atoms. The molecule has 5 nitrogen and oxygen atoms in total. The Bertz CT molecular complexity index is 860. The smallest absolute Gasteiger partial charge is 0.272 e. The van der Waals surface area contributed by atoms with Gasteiger partial charge in [0.2, 0.25) is 0 Å². The highest BCUT2D eigenvalue weighted by molar-refractivity contribution is 5.93. The van der Waals surface area contributed by atoms with Crippen LogP contribution in [0.3, 0.4) is 0 Å². The van der Waals surface area contributed by atoms with Crippen molar-refractivity contribution in [3.8, 4) is 0 Å². The SMILES string of the molecule is CC(NC(=O)c1ccc(=O)[nH]n1)c1cccc2ccccc12. The van der Waals surface area contributed by atoms with Crippen molar-refractivity contribution < 1.29 is 4.79 Å². The minimum Gasteiger partial charge on any atom is -0.344 e. The second kappa shape index (κ2) is 5.81. The molecule has 1 atom stereocenters. The first-order valence-electron chi connectivity index (χ1n) is 6.99. The number of benzene rings is 2. The molecule has 0 aliphatic carbocycles. The van der Waals surface area contributed by atoms with E-state index in [1.807, 2.05) is 49.4 Å². The number of H-pyrrole nitrogens is 1. The van der Waals surface area contributed by atoms with Crippen molar-refractivity contribution in [1.82, 2.24) is 15.5 Å². The normalized spacial score (nSPS) is 12.0. The first kappa shape index (κ1) is 14.0. The summed E-state index contributed by atoms with van der Waals surface area (Å²) in [5.74, 6) is -0.323. The molecule has 1 aromatic heterocycles. The number of fused-ring (bicyclic) bond motifs is 1. The molecular formula is C17H15N3O2. The van der Waals surface area contributed by atoms with Gasteiger partial charge < -0.3 is 5.32 Å². The molecule has 1 heterocycles. The summed E-state index contributed by atoms with van der Waals surface area (Å²) in [6.07, 6.45) is 0. The van der Waals surface area contributed by atoms with Crippen molar-refractivity contribution in [1.29, 1.82) is 0 Å². The Morgan fingerprint density at radius 2 is 1.86 bits per heavy atom. The van der Waals surface area contributed by atoms with Crippen molar-refractivity contribution in [2.45, 2.75) is 13.0 Å². The van der Waals surface area contributed by atoms with E-state index in [1.54, 1.807) is 0 Å². The number of hydrogen-bond donors (Lipinski definition) is 2. The van der Waals surface area contributed by atoms with E-state index in [0.717, 1.165) is 16.3 Å². The van der Waals surface area contributed by atoms with E-state index in [0.29, 0.717) is 0 Å². The van der Waals surface area contributed by atoms with Crippen LogP contribution in [0.2, 0.25) is 0 Å². The number of amides is 1. The van der Waals surface area contributed by atoms with Gasteiger partial charge in [-0.25, -0.2) is 5.10 Å². The maximum absolute atomic E-state index is 12.2. The van der Waals surface area contributed by atoms with Crippen LogP contribution in [0.25, 0.3) is 10.8 Å². The van der Waals surface area contributed by atoms with E-state index >= 15 is 0 Å². The highest BCUT2D eigenvalue weighted by Gasteiger charge is 2.14. The third kappa shape index (κ3) is 2.74. The Kier molecular flexibility index (Phi) is 3.70. The van der Waals surface area contributed by atoms with Crippen LogP contribution in [0.15, 0.2) is 59.4 Å². The predicted molar refractivity (Wildman–Crippen MR) is 84.7 cm³/mol. The van der Waals surface area contributed by atoms with Crippen molar-refractivity contribution >= 4 is 16.7 Å². The molecule has 3 rings (SSSR count). The van der Waals surface area contributed by atoms with Crippen LogP contribution in [0.1, 0.15) is 29.0 Å². The quantitative estimate of drug-likeness (QED) is 0.778. The van der Waals surface area contributed by atoms with Crippen molar-refractivity contribution in [2.75, 3.05) is 0 Å². The van der Waals surface area contributed by atoms with E-state index < -0.39 is 0 Å². The first-order chi connectivity index (χ1) is 10.6. The summed E-state index contributed by atoms with van der Waals surface area (Å²) >= 11 is 0. The van der Waals surface area contributed by atoms with E-state index in [1.165, 1.54) is 12.1 Å². The van der Waals surface area contributed by atoms with E-state index in [-0.39, 0.29) is 23.2 Å². The van der Waals surface area contributed by atoms with Crippen LogP contribution < -0.4 is 10.9 Å². The van der Waals surface area contributed by atoms with Gasteiger partial charge in [0.05, 0.1) is 6.04 Å². The molecule has 0 saturated carbocycles. The van der Waals surface area contributed by atoms with Gasteiger partial charge in [0, 0.05) is 6.07 Å². The fraction of sp³-hybridized carbons (Fsp3) is 0.118. The van der Waals surface area contributed by atoms with Crippen LogP contribution in [-0.2, 0) is 0 Å². The summed E-state index contributed by atoms with van der Waals surface area (Å²) in [6, 6.07) is 16.6. The van der Waals surface area contributed by atoms with Crippen LogP contribution in [0.4, 0.5) is 0 Å². The van der Waals surface area contributed by atoms with Gasteiger partial charge in [-0.2, -0.15) is 5.10 Å². The summed E-state index contributed by atoms with van der Waals surface area (Å²) in [5.41, 5.74) is 0.890. The zero-order chi connectivity index (χ0) is 15.5. The molecule has 22 heavy (non-hydrogen) atoms. The van der Waals surface area contributed by atoms with Gasteiger partial charge in [-0.15, -0.1) is 0 Å². The number of nitrogens with one attached hydrogen (secondary N) is 2. The van der Waals surface area contributed by atoms with Gasteiger partial charge in [0.15, 0.2) is 0 Å². The van der Waals surface area contributed by atoms with Crippen LogP contribution in [0, 0.1) is 0 Å². The second-order valence-corrected chi connectivity index (χ2v) is 5.07. The molecule has 0 fully saturated rings. The fourth-order valence-electron chi connectivity index (χ4n) is 2.45. The van der Waals surface area contributed by atoms with Gasteiger partial charge in [0.1, 0.15) is 5.69 Å². The Balaban J connectivity index is 1.87. The summed E-state index contributed by atoms with van der Waals surface area (Å²) < 4.78 is 0. The summed E-state index contributed by atoms with van der Waals surface area (Å²) in [4.78, 5) is 23.2. The third-order valence-electron chi connectivity index (χ3n) is 3.55. The molecule has 3 aromatic rings. The Labute approximate surface area is 127 Å². The monoisotopic (exact) mass is 293 g/mol. The number of carbonyl (C=O) groups is 1. The van der Waals surface area contributed by atoms with Gasteiger partial charge in [0.25, 0.3) is 11.5 Å². The summed E-state index contributed by atoms with van der Waals surface area (Å²) in [7, 11) is 0. The average molecular weight is 293 g/mol. The third-order valence-corrected chi connectivity index (χ3v) is 3.55. The molecule has 5 heteroatoms. The number of aromatic amines is 1. The van der Waals surface area contributed by atoms with Crippen molar-refractivity contribution in [3.05, 3.63) is 76.2 Å². The van der Waals surface area contributed by atoms with Gasteiger partial charge in [-0.05, 0) is 29.3 Å². The Hall–Kier alpha value is -2.95. The molecule has 0 spiro atoms. The highest BCUT2D eigenvalue weighted by atomic mass is 16.2. The molecule has 110 valence electrons. The zero-order valence-electron chi connectivity index (χ0n) is 12.0. The molecule has 2 aromatic carbocycles. The lowest BCUT2D eigenvalue weighted by Crippen LogP contribution is -2.28. The molecule has 1 amide bonds. The molecule has 0 aliphatic heterocycles. The number of rotatable bonds is 3. The zero-order valence-corrected chi connectivity index (χ0v) is 12.0. The molecule has 0 saturated heterocycles. The largest absolute Gasteiger partial charge is 0.344 e. The highest BCUT2D eigenvalue weighted by Crippen LogP contribution is 2.24. The van der Waals surface area contributed by atoms with Gasteiger partial charge in [-0.3, -0.25) is 9.59 Å². The molecule has 1 unspecified atom stereocenters. The lowest BCUT2D eigenvalue weighted by atomic mass is 9.99. The van der Waals surface area contributed by atoms with Crippen LogP contribution in [0.5, 0.6) is 0 Å². The minimum absolute atomic E-state index is 0.174. The van der Waals surface area contributed by atoms with E-state index in [4.69, 9.17) is 0 Å². The van der Waals surface area contributed by atoms with Crippen LogP contribution >= 0.6 is 0 Å². The van der Waals surface area contributed by atoms with Crippen molar-refractivity contribution in [3.63, 3.8) is 0 Å². The van der Waals surface area contributed by atoms with Crippen LogP contribution in [-0.4, -0.2) is 16.1 Å². The summed E-state index contributed by atoms with van der Waals surface area (Å²) in [6.45, 7) is 1.92. The predicted octanol–water partition coefficient (Wildman–Crippen LogP) is 2.41. The lowest BCUT2D eigenvalue weighted by molar-refractivity contribution is 0.0934. The molecule has 0 radical (unpaired) electrons. The lowest BCUT2D eigenvalue weighted by Gasteiger charge is -2.16. The fourth-order valence-corrected chi connectivity index (χ4v) is 2.45. The van der Waals surface area contributed by atoms with Gasteiger partial charge in [-0.1, -0.05) is 42.5 Å². The minimum atomic E-state index is -0.335. The van der Waals surface area contributed by atoms with E-state index in [2.05, 4.69) is 15.5 Å². The number of carbonyl (C=O) groups excluding carboxylic acids is 1. The summed E-state index contributed by atoms with van der Waals surface area (Å²) in [5, 5.41) is 11.1. The van der Waals surface area contributed by atoms with Crippen molar-refractivity contribution in [2.24, 2.45) is 0 Å². The first-order valence-corrected chi connectivity index (χ1v) is 6.99. The van der Waals surface area contributed by atoms with E-state index in [9.17, 15) is 9.59 Å². The number of nitrogens with zero attached hydrogens (tertiary/aromatic N) is 1. The average Bonchev–Trinajstić information content (AvgIpc) is 2.54. The molecule has 0 aliphatic rings. The maximum Gasteiger partial charge on any atom is 0.272 e. The maximum atomic E-state index is 12.2. The number of hydrogen-bond acceptors (Lipinski definition) is 3. The van der Waals surface area contributed by atoms with Gasteiger partial charge >= 0.3 is 0 Å². The second-order valence-electron chi connectivity index (χ2n) is 5.07. The Morgan fingerprint density at radius 1 is 1.09 bits per heavy atom. The molecular weight excluding hydrogens is 278 g/mol. The standard InChI is InChI=1S/C17H15N3O2/c1-11(18-17(22)15-9-10-16(21)20-19-15)13-8-4-6-12-5-2-3-7-14(12)13/h2-11H,1H3,(H,18,22)(H,20,21). The number of aromatic nitrogens is 2.